The highest BCUT2D eigenvalue weighted by molar-refractivity contribution is 6.30. The molecule has 0 aromatic heterocycles. The van der Waals surface area contributed by atoms with E-state index >= 15 is 0 Å². The van der Waals surface area contributed by atoms with Crippen LogP contribution in [0.5, 0.6) is 0 Å². The zero-order valence-corrected chi connectivity index (χ0v) is 25.2. The summed E-state index contributed by atoms with van der Waals surface area (Å²) in [5.41, 5.74) is 4.48. The van der Waals surface area contributed by atoms with E-state index in [9.17, 15) is 14.4 Å². The largest absolute Gasteiger partial charge is 0.378 e. The predicted octanol–water partition coefficient (Wildman–Crippen LogP) is 5.69. The van der Waals surface area contributed by atoms with Crippen LogP contribution in [-0.4, -0.2) is 50.1 Å². The fraction of sp³-hybridized carbons (Fsp3) is 0.344. The highest BCUT2D eigenvalue weighted by Crippen LogP contribution is 2.41. The number of para-hydroxylation sites is 1. The molecule has 0 saturated heterocycles. The fourth-order valence-corrected chi connectivity index (χ4v) is 5.30. The third-order valence-electron chi connectivity index (χ3n) is 6.96. The second-order valence-electron chi connectivity index (χ2n) is 11.7. The summed E-state index contributed by atoms with van der Waals surface area (Å²) >= 11 is 6.19. The van der Waals surface area contributed by atoms with Gasteiger partial charge in [0.25, 0.3) is 0 Å². The van der Waals surface area contributed by atoms with Crippen LogP contribution in [0.4, 0.5) is 21.9 Å². The van der Waals surface area contributed by atoms with Crippen molar-refractivity contribution in [1.29, 1.82) is 0 Å². The van der Waals surface area contributed by atoms with Crippen LogP contribution < -0.4 is 25.8 Å². The maximum Gasteiger partial charge on any atom is 0.319 e. The van der Waals surface area contributed by atoms with Crippen molar-refractivity contribution in [1.82, 2.24) is 10.6 Å². The molecule has 0 aliphatic carbocycles. The summed E-state index contributed by atoms with van der Waals surface area (Å²) in [7, 11) is 3.84. The van der Waals surface area contributed by atoms with Crippen LogP contribution >= 0.6 is 11.6 Å². The molecule has 0 spiro atoms. The van der Waals surface area contributed by atoms with Gasteiger partial charge in [0.05, 0.1) is 5.69 Å². The summed E-state index contributed by atoms with van der Waals surface area (Å²) in [4.78, 5) is 44.0. The van der Waals surface area contributed by atoms with Gasteiger partial charge in [-0.15, -0.1) is 0 Å². The van der Waals surface area contributed by atoms with E-state index in [0.29, 0.717) is 22.8 Å². The van der Waals surface area contributed by atoms with Gasteiger partial charge in [-0.1, -0.05) is 48.0 Å². The maximum absolute atomic E-state index is 14.2. The number of nitrogens with zero attached hydrogens (tertiary/aromatic N) is 2. The minimum atomic E-state index is -0.901. The van der Waals surface area contributed by atoms with Gasteiger partial charge >= 0.3 is 6.03 Å². The lowest BCUT2D eigenvalue weighted by Gasteiger charge is -2.29. The monoisotopic (exact) mass is 575 g/mol. The van der Waals surface area contributed by atoms with Crippen molar-refractivity contribution in [2.45, 2.75) is 51.6 Å². The molecule has 0 bridgehead atoms. The van der Waals surface area contributed by atoms with E-state index in [1.54, 1.807) is 6.07 Å². The average molecular weight is 576 g/mol. The van der Waals surface area contributed by atoms with Crippen molar-refractivity contribution >= 4 is 46.5 Å². The van der Waals surface area contributed by atoms with E-state index in [0.717, 1.165) is 22.4 Å². The van der Waals surface area contributed by atoms with Crippen molar-refractivity contribution in [3.63, 3.8) is 0 Å². The number of anilines is 3. The normalized spacial score (nSPS) is 16.9. The SMILES string of the molecule is Cc1cccc2c1N(CC(=O)NC(C)(C)C)C(=O)C(NC(=O)Nc1cccc(N(C)C)c1)CC2c1ccc(Cl)cc1. The van der Waals surface area contributed by atoms with E-state index < -0.39 is 17.6 Å². The Labute approximate surface area is 247 Å². The van der Waals surface area contributed by atoms with Gasteiger partial charge in [-0.25, -0.2) is 4.79 Å². The molecule has 8 nitrogen and oxygen atoms in total. The van der Waals surface area contributed by atoms with E-state index in [2.05, 4.69) is 16.0 Å². The van der Waals surface area contributed by atoms with Gasteiger partial charge in [0.15, 0.2) is 0 Å². The van der Waals surface area contributed by atoms with Crippen molar-refractivity contribution < 1.29 is 14.4 Å². The number of hydrogen-bond acceptors (Lipinski definition) is 4. The molecular weight excluding hydrogens is 538 g/mol. The van der Waals surface area contributed by atoms with Crippen LogP contribution in [0.1, 0.15) is 49.8 Å². The fourth-order valence-electron chi connectivity index (χ4n) is 5.17. The predicted molar refractivity (Wildman–Crippen MR) is 166 cm³/mol. The van der Waals surface area contributed by atoms with Crippen molar-refractivity contribution in [3.05, 3.63) is 88.4 Å². The van der Waals surface area contributed by atoms with Crippen molar-refractivity contribution in [2.24, 2.45) is 0 Å². The Morgan fingerprint density at radius 3 is 2.37 bits per heavy atom. The Balaban J connectivity index is 1.72. The highest BCUT2D eigenvalue weighted by Gasteiger charge is 2.38. The molecule has 3 aromatic carbocycles. The standard InChI is InChI=1S/C32H38ClN5O3/c1-20-9-7-12-25-26(21-13-15-22(33)16-14-21)18-27(30(40)38(29(20)25)19-28(39)36-32(2,3)4)35-31(41)34-23-10-8-11-24(17-23)37(5)6/h7-17,26-27H,18-19H2,1-6H3,(H,36,39)(H2,34,35,41). The van der Waals surface area contributed by atoms with Gasteiger partial charge in [-0.05, 0) is 81.1 Å². The van der Waals surface area contributed by atoms with E-state index in [4.69, 9.17) is 11.6 Å². The first-order chi connectivity index (χ1) is 19.3. The number of benzene rings is 3. The van der Waals surface area contributed by atoms with Gasteiger partial charge in [0, 0.05) is 41.9 Å². The molecule has 1 aliphatic heterocycles. The molecule has 216 valence electrons. The van der Waals surface area contributed by atoms with Gasteiger partial charge in [0.2, 0.25) is 11.8 Å². The first-order valence-corrected chi connectivity index (χ1v) is 14.0. The summed E-state index contributed by atoms with van der Waals surface area (Å²) in [5.74, 6) is -0.865. The van der Waals surface area contributed by atoms with Crippen LogP contribution in [0, 0.1) is 6.92 Å². The van der Waals surface area contributed by atoms with Crippen LogP contribution in [-0.2, 0) is 9.59 Å². The number of nitrogens with one attached hydrogen (secondary N) is 3. The third-order valence-corrected chi connectivity index (χ3v) is 7.22. The Kier molecular flexibility index (Phi) is 8.92. The number of aryl methyl sites for hydroxylation is 1. The minimum Gasteiger partial charge on any atom is -0.378 e. The first-order valence-electron chi connectivity index (χ1n) is 13.6. The van der Waals surface area contributed by atoms with Crippen LogP contribution in [0.2, 0.25) is 5.02 Å². The minimum absolute atomic E-state index is 0.175. The number of hydrogen-bond donors (Lipinski definition) is 3. The molecule has 0 saturated carbocycles. The molecule has 0 radical (unpaired) electrons. The Bertz CT molecular complexity index is 1430. The molecule has 4 amide bonds. The number of carbonyl (C=O) groups is 3. The number of fused-ring (bicyclic) bond motifs is 1. The van der Waals surface area contributed by atoms with Crippen molar-refractivity contribution in [2.75, 3.05) is 35.8 Å². The molecule has 1 heterocycles. The Hall–Kier alpha value is -4.04. The average Bonchev–Trinajstić information content (AvgIpc) is 2.99. The van der Waals surface area contributed by atoms with Gasteiger partial charge in [-0.2, -0.15) is 0 Å². The number of halogens is 1. The highest BCUT2D eigenvalue weighted by atomic mass is 35.5. The smallest absolute Gasteiger partial charge is 0.319 e. The molecule has 2 unspecified atom stereocenters. The summed E-state index contributed by atoms with van der Waals surface area (Å²) in [6.07, 6.45) is 0.305. The molecule has 9 heteroatoms. The van der Waals surface area contributed by atoms with Crippen LogP contribution in [0.25, 0.3) is 0 Å². The summed E-state index contributed by atoms with van der Waals surface area (Å²) in [6, 6.07) is 19.4. The summed E-state index contributed by atoms with van der Waals surface area (Å²) in [6.45, 7) is 7.44. The Morgan fingerprint density at radius 1 is 1.02 bits per heavy atom. The lowest BCUT2D eigenvalue weighted by molar-refractivity contribution is -0.125. The first kappa shape index (κ1) is 29.9. The van der Waals surface area contributed by atoms with E-state index in [-0.39, 0.29) is 24.3 Å². The molecule has 2 atom stereocenters. The number of urea groups is 1. The second-order valence-corrected chi connectivity index (χ2v) is 12.1. The topological polar surface area (TPSA) is 93.8 Å². The lowest BCUT2D eigenvalue weighted by atomic mass is 9.85. The maximum atomic E-state index is 14.2. The molecule has 3 N–H and O–H groups in total. The third kappa shape index (κ3) is 7.38. The quantitative estimate of drug-likeness (QED) is 0.352. The molecule has 41 heavy (non-hydrogen) atoms. The zero-order valence-electron chi connectivity index (χ0n) is 24.4. The number of rotatable bonds is 6. The summed E-state index contributed by atoms with van der Waals surface area (Å²) < 4.78 is 0. The molecule has 0 fully saturated rings. The molecule has 3 aromatic rings. The van der Waals surface area contributed by atoms with Crippen LogP contribution in [0.3, 0.4) is 0 Å². The van der Waals surface area contributed by atoms with Gasteiger partial charge in [0.1, 0.15) is 12.6 Å². The zero-order chi connectivity index (χ0) is 29.9. The lowest BCUT2D eigenvalue weighted by Crippen LogP contribution is -2.53. The second kappa shape index (κ2) is 12.2. The Morgan fingerprint density at radius 2 is 1.71 bits per heavy atom. The number of amides is 4. The van der Waals surface area contributed by atoms with Gasteiger partial charge < -0.3 is 25.8 Å². The van der Waals surface area contributed by atoms with Crippen LogP contribution in [0.15, 0.2) is 66.7 Å². The molecule has 1 aliphatic rings. The van der Waals surface area contributed by atoms with E-state index in [1.165, 1.54) is 4.90 Å². The van der Waals surface area contributed by atoms with Gasteiger partial charge in [-0.3, -0.25) is 9.59 Å². The molecule has 4 rings (SSSR count). The summed E-state index contributed by atoms with van der Waals surface area (Å²) in [5, 5.41) is 9.34. The van der Waals surface area contributed by atoms with Crippen molar-refractivity contribution in [3.8, 4) is 0 Å². The van der Waals surface area contributed by atoms with E-state index in [1.807, 2.05) is 107 Å². The molecular formula is C32H38ClN5O3. The number of carbonyl (C=O) groups excluding carboxylic acids is 3.